The van der Waals surface area contributed by atoms with E-state index < -0.39 is 0 Å². The first-order valence-electron chi connectivity index (χ1n) is 10.1. The molecule has 0 aliphatic rings. The third kappa shape index (κ3) is 4.83. The Morgan fingerprint density at radius 3 is 2.59 bits per heavy atom. The second kappa shape index (κ2) is 9.37. The van der Waals surface area contributed by atoms with Crippen LogP contribution in [0.2, 0.25) is 0 Å². The molecule has 0 spiro atoms. The lowest BCUT2D eigenvalue weighted by molar-refractivity contribution is -0.131. The van der Waals surface area contributed by atoms with Gasteiger partial charge in [0.1, 0.15) is 11.3 Å². The molecule has 1 N–H and O–H groups in total. The van der Waals surface area contributed by atoms with Crippen molar-refractivity contribution in [3.63, 3.8) is 0 Å². The van der Waals surface area contributed by atoms with Gasteiger partial charge >= 0.3 is 0 Å². The van der Waals surface area contributed by atoms with E-state index in [9.17, 15) is 9.59 Å². The molecule has 152 valence electrons. The molecule has 6 nitrogen and oxygen atoms in total. The number of nitrogens with zero attached hydrogens (tertiary/aromatic N) is 3. The molecule has 3 rings (SSSR count). The number of hydrogen-bond donors (Lipinski definition) is 1. The van der Waals surface area contributed by atoms with E-state index in [0.717, 1.165) is 16.8 Å². The fraction of sp³-hybridized carbons (Fsp3) is 0.348. The number of fused-ring (bicyclic) bond motifs is 1. The number of nitrogens with one attached hydrogen (secondary N) is 1. The van der Waals surface area contributed by atoms with Crippen molar-refractivity contribution in [2.45, 2.75) is 40.2 Å². The lowest BCUT2D eigenvalue weighted by Gasteiger charge is -2.21. The predicted molar refractivity (Wildman–Crippen MR) is 114 cm³/mol. The monoisotopic (exact) mass is 392 g/mol. The van der Waals surface area contributed by atoms with Crippen molar-refractivity contribution in [3.05, 3.63) is 71.2 Å². The van der Waals surface area contributed by atoms with Crippen LogP contribution in [-0.4, -0.2) is 39.2 Å². The Hall–Kier alpha value is -3.15. The Balaban J connectivity index is 1.52. The number of carbonyl (C=O) groups excluding carboxylic acids is 2. The lowest BCUT2D eigenvalue weighted by Crippen LogP contribution is -2.31. The first-order valence-corrected chi connectivity index (χ1v) is 10.1. The first kappa shape index (κ1) is 20.6. The summed E-state index contributed by atoms with van der Waals surface area (Å²) >= 11 is 0. The Kier molecular flexibility index (Phi) is 6.65. The molecule has 0 aliphatic heterocycles. The highest BCUT2D eigenvalue weighted by atomic mass is 16.2. The zero-order valence-electron chi connectivity index (χ0n) is 17.3. The largest absolute Gasteiger partial charge is 0.351 e. The van der Waals surface area contributed by atoms with Gasteiger partial charge in [0.15, 0.2) is 0 Å². The van der Waals surface area contributed by atoms with Crippen molar-refractivity contribution in [1.82, 2.24) is 19.6 Å². The number of imidazole rings is 1. The molecule has 3 aromatic rings. The molecule has 0 aliphatic carbocycles. The smallest absolute Gasteiger partial charge is 0.270 e. The predicted octanol–water partition coefficient (Wildman–Crippen LogP) is 3.51. The van der Waals surface area contributed by atoms with Crippen molar-refractivity contribution >= 4 is 17.5 Å². The van der Waals surface area contributed by atoms with Crippen molar-refractivity contribution in [1.29, 1.82) is 0 Å². The number of carbonyl (C=O) groups is 2. The molecule has 0 radical (unpaired) electrons. The molecule has 0 fully saturated rings. The van der Waals surface area contributed by atoms with Gasteiger partial charge in [-0.1, -0.05) is 36.4 Å². The fourth-order valence-electron chi connectivity index (χ4n) is 3.45. The molecule has 0 saturated heterocycles. The second-order valence-electron chi connectivity index (χ2n) is 7.18. The van der Waals surface area contributed by atoms with Gasteiger partial charge < -0.3 is 10.2 Å². The summed E-state index contributed by atoms with van der Waals surface area (Å²) in [5, 5.41) is 2.93. The molecule has 2 aromatic heterocycles. The summed E-state index contributed by atoms with van der Waals surface area (Å²) in [4.78, 5) is 31.5. The van der Waals surface area contributed by atoms with Crippen molar-refractivity contribution in [3.8, 4) is 0 Å². The van der Waals surface area contributed by atoms with E-state index in [1.54, 1.807) is 0 Å². The average molecular weight is 393 g/mol. The molecule has 0 saturated carbocycles. The van der Waals surface area contributed by atoms with Crippen LogP contribution in [0.5, 0.6) is 0 Å². The number of hydrogen-bond acceptors (Lipinski definition) is 3. The van der Waals surface area contributed by atoms with Crippen molar-refractivity contribution in [2.24, 2.45) is 0 Å². The molecule has 6 heteroatoms. The number of pyridine rings is 1. The summed E-state index contributed by atoms with van der Waals surface area (Å²) in [6.07, 6.45) is 2.86. The molecule has 2 amide bonds. The summed E-state index contributed by atoms with van der Waals surface area (Å²) in [5.41, 5.74) is 4.19. The maximum Gasteiger partial charge on any atom is 0.270 e. The first-order chi connectivity index (χ1) is 14.0. The SMILES string of the molecule is CCN(Cc1ccccc1)C(=O)CCCNC(=O)c1c(C)nc2c(C)cccn12. The molecule has 0 bridgehead atoms. The molecule has 1 aromatic carbocycles. The highest BCUT2D eigenvalue weighted by Crippen LogP contribution is 2.15. The van der Waals surface area contributed by atoms with E-state index in [1.165, 1.54) is 0 Å². The van der Waals surface area contributed by atoms with Gasteiger partial charge in [0.05, 0.1) is 5.69 Å². The summed E-state index contributed by atoms with van der Waals surface area (Å²) in [6.45, 7) is 7.53. The third-order valence-electron chi connectivity index (χ3n) is 5.04. The summed E-state index contributed by atoms with van der Waals surface area (Å²) in [5.74, 6) is -0.0584. The Morgan fingerprint density at radius 1 is 1.10 bits per heavy atom. The summed E-state index contributed by atoms with van der Waals surface area (Å²) < 4.78 is 1.82. The van der Waals surface area contributed by atoms with Gasteiger partial charge in [-0.15, -0.1) is 0 Å². The highest BCUT2D eigenvalue weighted by molar-refractivity contribution is 5.94. The zero-order chi connectivity index (χ0) is 20.8. The Bertz CT molecular complexity index is 995. The fourth-order valence-corrected chi connectivity index (χ4v) is 3.45. The van der Waals surface area contributed by atoms with Crippen LogP contribution in [0.25, 0.3) is 5.65 Å². The normalized spacial score (nSPS) is 10.9. The van der Waals surface area contributed by atoms with Crippen LogP contribution in [0.3, 0.4) is 0 Å². The number of aromatic nitrogens is 2. The van der Waals surface area contributed by atoms with Gasteiger partial charge in [-0.05, 0) is 44.4 Å². The van der Waals surface area contributed by atoms with Crippen LogP contribution in [0.1, 0.15) is 47.1 Å². The number of aryl methyl sites for hydroxylation is 2. The summed E-state index contributed by atoms with van der Waals surface area (Å²) in [7, 11) is 0. The maximum absolute atomic E-state index is 12.7. The van der Waals surface area contributed by atoms with Gasteiger partial charge in [0, 0.05) is 32.3 Å². The van der Waals surface area contributed by atoms with Crippen LogP contribution in [0.4, 0.5) is 0 Å². The van der Waals surface area contributed by atoms with E-state index >= 15 is 0 Å². The lowest BCUT2D eigenvalue weighted by atomic mass is 10.2. The van der Waals surface area contributed by atoms with Gasteiger partial charge in [-0.3, -0.25) is 14.0 Å². The average Bonchev–Trinajstić information content (AvgIpc) is 3.07. The molecule has 2 heterocycles. The van der Waals surface area contributed by atoms with E-state index in [-0.39, 0.29) is 11.8 Å². The number of amides is 2. The molecular weight excluding hydrogens is 364 g/mol. The van der Waals surface area contributed by atoms with E-state index in [1.807, 2.05) is 78.7 Å². The Labute approximate surface area is 171 Å². The van der Waals surface area contributed by atoms with E-state index in [4.69, 9.17) is 0 Å². The quantitative estimate of drug-likeness (QED) is 0.597. The van der Waals surface area contributed by atoms with Gasteiger partial charge in [0.25, 0.3) is 5.91 Å². The minimum absolute atomic E-state index is 0.104. The van der Waals surface area contributed by atoms with Gasteiger partial charge in [-0.2, -0.15) is 0 Å². The molecular formula is C23H28N4O2. The standard InChI is InChI=1S/C23H28N4O2/c1-4-26(16-19-11-6-5-7-12-19)20(28)13-8-14-24-23(29)21-18(3)25-22-17(2)10-9-15-27(21)22/h5-7,9-12,15H,4,8,13-14,16H2,1-3H3,(H,24,29). The van der Waals surface area contributed by atoms with E-state index in [0.29, 0.717) is 43.9 Å². The second-order valence-corrected chi connectivity index (χ2v) is 7.18. The topological polar surface area (TPSA) is 66.7 Å². The van der Waals surface area contributed by atoms with Crippen LogP contribution in [0, 0.1) is 13.8 Å². The summed E-state index contributed by atoms with van der Waals surface area (Å²) in [6, 6.07) is 13.9. The van der Waals surface area contributed by atoms with Gasteiger partial charge in [-0.25, -0.2) is 4.98 Å². The highest BCUT2D eigenvalue weighted by Gasteiger charge is 2.17. The minimum atomic E-state index is -0.162. The molecule has 0 unspecified atom stereocenters. The van der Waals surface area contributed by atoms with Crippen LogP contribution in [0.15, 0.2) is 48.7 Å². The molecule has 29 heavy (non-hydrogen) atoms. The van der Waals surface area contributed by atoms with Crippen LogP contribution >= 0.6 is 0 Å². The Morgan fingerprint density at radius 2 is 1.86 bits per heavy atom. The van der Waals surface area contributed by atoms with Crippen LogP contribution in [-0.2, 0) is 11.3 Å². The number of benzene rings is 1. The minimum Gasteiger partial charge on any atom is -0.351 e. The third-order valence-corrected chi connectivity index (χ3v) is 5.04. The van der Waals surface area contributed by atoms with Gasteiger partial charge in [0.2, 0.25) is 5.91 Å². The molecule has 0 atom stereocenters. The number of rotatable bonds is 8. The zero-order valence-corrected chi connectivity index (χ0v) is 17.3. The van der Waals surface area contributed by atoms with Crippen molar-refractivity contribution < 1.29 is 9.59 Å². The van der Waals surface area contributed by atoms with Crippen LogP contribution < -0.4 is 5.32 Å². The maximum atomic E-state index is 12.7. The van der Waals surface area contributed by atoms with Crippen molar-refractivity contribution in [2.75, 3.05) is 13.1 Å². The van der Waals surface area contributed by atoms with E-state index in [2.05, 4.69) is 10.3 Å².